The number of aryl methyl sites for hydroxylation is 1. The summed E-state index contributed by atoms with van der Waals surface area (Å²) >= 11 is 6.25. The van der Waals surface area contributed by atoms with Crippen LogP contribution in [0.4, 0.5) is 10.1 Å². The number of ether oxygens (including phenoxy) is 2. The van der Waals surface area contributed by atoms with Crippen molar-refractivity contribution in [2.75, 3.05) is 38.3 Å². The second kappa shape index (κ2) is 9.19. The average molecular weight is 483 g/mol. The fraction of sp³-hybridized carbons (Fsp3) is 0.320. The Morgan fingerprint density at radius 3 is 2.74 bits per heavy atom. The van der Waals surface area contributed by atoms with Gasteiger partial charge in [-0.3, -0.25) is 9.55 Å². The van der Waals surface area contributed by atoms with E-state index < -0.39 is 11.8 Å². The maximum atomic E-state index is 14.2. The van der Waals surface area contributed by atoms with Gasteiger partial charge in [0.25, 0.3) is 0 Å². The molecule has 1 saturated heterocycles. The number of aromatic nitrogens is 3. The summed E-state index contributed by atoms with van der Waals surface area (Å²) in [4.78, 5) is 24.2. The molecule has 34 heavy (non-hydrogen) atoms. The Morgan fingerprint density at radius 2 is 2.00 bits per heavy atom. The highest BCUT2D eigenvalue weighted by atomic mass is 35.5. The second-order valence-corrected chi connectivity index (χ2v) is 8.53. The van der Waals surface area contributed by atoms with Gasteiger partial charge in [0.05, 0.1) is 42.6 Å². The minimum atomic E-state index is -0.523. The number of halogens is 2. The van der Waals surface area contributed by atoms with Gasteiger partial charge in [0, 0.05) is 36.8 Å². The first-order chi connectivity index (χ1) is 16.5. The monoisotopic (exact) mass is 482 g/mol. The summed E-state index contributed by atoms with van der Waals surface area (Å²) in [6, 6.07) is 8.75. The van der Waals surface area contributed by atoms with Crippen molar-refractivity contribution in [3.8, 4) is 5.69 Å². The SMILES string of the molecule is CCCc1nc2c(C(=O)OC)cc(N3CCOCC3)cc2n1-c1ccnc2c(Cl)c(F)ccc12. The highest BCUT2D eigenvalue weighted by molar-refractivity contribution is 6.35. The molecule has 0 saturated carbocycles. The van der Waals surface area contributed by atoms with Crippen molar-refractivity contribution in [1.29, 1.82) is 0 Å². The number of esters is 1. The van der Waals surface area contributed by atoms with E-state index in [4.69, 9.17) is 26.1 Å². The van der Waals surface area contributed by atoms with E-state index >= 15 is 0 Å². The summed E-state index contributed by atoms with van der Waals surface area (Å²) in [5.74, 6) is -0.182. The van der Waals surface area contributed by atoms with E-state index in [1.807, 2.05) is 22.8 Å². The molecule has 0 aliphatic carbocycles. The summed E-state index contributed by atoms with van der Waals surface area (Å²) in [7, 11) is 1.37. The second-order valence-electron chi connectivity index (χ2n) is 8.15. The number of imidazole rings is 1. The van der Waals surface area contributed by atoms with Gasteiger partial charge in [0.15, 0.2) is 0 Å². The summed E-state index contributed by atoms with van der Waals surface area (Å²) in [6.07, 6.45) is 3.14. The largest absolute Gasteiger partial charge is 0.465 e. The lowest BCUT2D eigenvalue weighted by molar-refractivity contribution is 0.0603. The van der Waals surface area contributed by atoms with Crippen LogP contribution < -0.4 is 4.90 Å². The van der Waals surface area contributed by atoms with Gasteiger partial charge in [0.1, 0.15) is 22.2 Å². The Hall–Kier alpha value is -3.23. The maximum absolute atomic E-state index is 14.2. The minimum absolute atomic E-state index is 0.0231. The normalized spacial score (nSPS) is 14.2. The molecule has 176 valence electrons. The number of carbonyl (C=O) groups excluding carboxylic acids is 1. The molecule has 0 N–H and O–H groups in total. The van der Waals surface area contributed by atoms with Crippen molar-refractivity contribution in [2.45, 2.75) is 19.8 Å². The summed E-state index contributed by atoms with van der Waals surface area (Å²) < 4.78 is 26.8. The number of morpholine rings is 1. The van der Waals surface area contributed by atoms with Crippen LogP contribution in [0, 0.1) is 5.82 Å². The van der Waals surface area contributed by atoms with Gasteiger partial charge in [-0.2, -0.15) is 0 Å². The van der Waals surface area contributed by atoms with E-state index in [1.165, 1.54) is 13.2 Å². The zero-order valence-corrected chi connectivity index (χ0v) is 19.7. The molecule has 2 aromatic carbocycles. The molecule has 1 aliphatic rings. The van der Waals surface area contributed by atoms with E-state index in [9.17, 15) is 9.18 Å². The van der Waals surface area contributed by atoms with E-state index in [2.05, 4.69) is 16.8 Å². The Balaban J connectivity index is 1.84. The molecule has 5 rings (SSSR count). The Labute approximate surface area is 201 Å². The molecule has 0 unspecified atom stereocenters. The van der Waals surface area contributed by atoms with E-state index in [1.54, 1.807) is 12.3 Å². The summed E-state index contributed by atoms with van der Waals surface area (Å²) in [5, 5.41) is 0.673. The van der Waals surface area contributed by atoms with Crippen LogP contribution in [-0.4, -0.2) is 53.9 Å². The zero-order chi connectivity index (χ0) is 23.8. The molecule has 9 heteroatoms. The number of methoxy groups -OCH3 is 1. The van der Waals surface area contributed by atoms with Crippen molar-refractivity contribution in [3.05, 3.63) is 58.8 Å². The topological polar surface area (TPSA) is 69.5 Å². The van der Waals surface area contributed by atoms with Crippen LogP contribution in [0.1, 0.15) is 29.5 Å². The van der Waals surface area contributed by atoms with Crippen molar-refractivity contribution >= 4 is 45.2 Å². The van der Waals surface area contributed by atoms with Crippen molar-refractivity contribution in [3.63, 3.8) is 0 Å². The molecular weight excluding hydrogens is 459 g/mol. The first-order valence-corrected chi connectivity index (χ1v) is 11.6. The van der Waals surface area contributed by atoms with Gasteiger partial charge >= 0.3 is 5.97 Å². The lowest BCUT2D eigenvalue weighted by Gasteiger charge is -2.29. The standard InChI is InChI=1S/C25H24ClFN4O3/c1-3-4-21-29-23-17(25(32)33-2)13-15(30-9-11-34-12-10-30)14-20(23)31(21)19-7-8-28-24-16(19)5-6-18(27)22(24)26/h5-8,13-14H,3-4,9-12H2,1-2H3. The Bertz CT molecular complexity index is 1400. The summed E-state index contributed by atoms with van der Waals surface area (Å²) in [6.45, 7) is 4.74. The number of benzene rings is 2. The van der Waals surface area contributed by atoms with Crippen LogP contribution in [-0.2, 0) is 15.9 Å². The number of hydrogen-bond acceptors (Lipinski definition) is 6. The molecule has 0 atom stereocenters. The first-order valence-electron chi connectivity index (χ1n) is 11.2. The van der Waals surface area contributed by atoms with E-state index in [-0.39, 0.29) is 5.02 Å². The highest BCUT2D eigenvalue weighted by Gasteiger charge is 2.24. The van der Waals surface area contributed by atoms with Gasteiger partial charge in [0.2, 0.25) is 0 Å². The van der Waals surface area contributed by atoms with Crippen LogP contribution in [0.3, 0.4) is 0 Å². The lowest BCUT2D eigenvalue weighted by Crippen LogP contribution is -2.36. The van der Waals surface area contributed by atoms with Crippen LogP contribution >= 0.6 is 11.6 Å². The molecule has 7 nitrogen and oxygen atoms in total. The number of anilines is 1. The van der Waals surface area contributed by atoms with E-state index in [0.717, 1.165) is 42.2 Å². The van der Waals surface area contributed by atoms with E-state index in [0.29, 0.717) is 41.6 Å². The van der Waals surface area contributed by atoms with Crippen LogP contribution in [0.15, 0.2) is 36.5 Å². The van der Waals surface area contributed by atoms with Gasteiger partial charge in [-0.05, 0) is 36.8 Å². The quantitative estimate of drug-likeness (QED) is 0.375. The Kier molecular flexibility index (Phi) is 6.10. The predicted molar refractivity (Wildman–Crippen MR) is 130 cm³/mol. The number of nitrogens with zero attached hydrogens (tertiary/aromatic N) is 4. The van der Waals surface area contributed by atoms with Crippen molar-refractivity contribution in [1.82, 2.24) is 14.5 Å². The van der Waals surface area contributed by atoms with Gasteiger partial charge < -0.3 is 14.4 Å². The van der Waals surface area contributed by atoms with Crippen molar-refractivity contribution < 1.29 is 18.7 Å². The highest BCUT2D eigenvalue weighted by Crippen LogP contribution is 2.34. The predicted octanol–water partition coefficient (Wildman–Crippen LogP) is 4.94. The molecule has 1 aliphatic heterocycles. The average Bonchev–Trinajstić information content (AvgIpc) is 3.23. The number of fused-ring (bicyclic) bond motifs is 2. The van der Waals surface area contributed by atoms with Gasteiger partial charge in [-0.1, -0.05) is 18.5 Å². The third-order valence-corrected chi connectivity index (χ3v) is 6.45. The molecule has 4 aromatic rings. The van der Waals surface area contributed by atoms with Crippen molar-refractivity contribution in [2.24, 2.45) is 0 Å². The van der Waals surface area contributed by atoms with Crippen LogP contribution in [0.2, 0.25) is 5.02 Å². The Morgan fingerprint density at radius 1 is 1.21 bits per heavy atom. The number of hydrogen-bond donors (Lipinski definition) is 0. The van der Waals surface area contributed by atoms with Crippen LogP contribution in [0.5, 0.6) is 0 Å². The molecule has 2 aromatic heterocycles. The first kappa shape index (κ1) is 22.6. The number of pyridine rings is 1. The fourth-order valence-corrected chi connectivity index (χ4v) is 4.69. The summed E-state index contributed by atoms with van der Waals surface area (Å²) in [5.41, 5.74) is 3.77. The van der Waals surface area contributed by atoms with Gasteiger partial charge in [-0.25, -0.2) is 14.2 Å². The smallest absolute Gasteiger partial charge is 0.340 e. The molecular formula is C25H24ClFN4O3. The fourth-order valence-electron chi connectivity index (χ4n) is 4.48. The van der Waals surface area contributed by atoms with Gasteiger partial charge in [-0.15, -0.1) is 0 Å². The minimum Gasteiger partial charge on any atom is -0.465 e. The maximum Gasteiger partial charge on any atom is 0.340 e. The number of carbonyl (C=O) groups is 1. The third kappa shape index (κ3) is 3.76. The molecule has 0 radical (unpaired) electrons. The zero-order valence-electron chi connectivity index (χ0n) is 19.0. The lowest BCUT2D eigenvalue weighted by atomic mass is 10.1. The molecule has 1 fully saturated rings. The molecule has 0 spiro atoms. The van der Waals surface area contributed by atoms with Crippen LogP contribution in [0.25, 0.3) is 27.6 Å². The molecule has 0 bridgehead atoms. The molecule has 3 heterocycles. The number of rotatable bonds is 5. The molecule has 0 amide bonds. The third-order valence-electron chi connectivity index (χ3n) is 6.09.